The summed E-state index contributed by atoms with van der Waals surface area (Å²) in [6.45, 7) is 6.34. The lowest BCUT2D eigenvalue weighted by molar-refractivity contribution is 0.390. The maximum Gasteiger partial charge on any atom is 0.242 e. The highest BCUT2D eigenvalue weighted by Crippen LogP contribution is 2.16. The van der Waals surface area contributed by atoms with E-state index >= 15 is 0 Å². The molecule has 0 saturated heterocycles. The number of nitrogens with zero attached hydrogens (tertiary/aromatic N) is 1. The Bertz CT molecular complexity index is 481. The minimum atomic E-state index is -3.50. The third-order valence-electron chi connectivity index (χ3n) is 3.41. The highest BCUT2D eigenvalue weighted by molar-refractivity contribution is 7.89. The molecule has 0 radical (unpaired) electrons. The van der Waals surface area contributed by atoms with E-state index in [1.165, 1.54) is 12.3 Å². The van der Waals surface area contributed by atoms with E-state index in [4.69, 9.17) is 5.73 Å². The molecule has 0 aliphatic carbocycles. The molecule has 0 spiro atoms. The summed E-state index contributed by atoms with van der Waals surface area (Å²) in [7, 11) is -3.50. The Kier molecular flexibility index (Phi) is 5.90. The van der Waals surface area contributed by atoms with Gasteiger partial charge in [0.1, 0.15) is 4.90 Å². The zero-order valence-electron chi connectivity index (χ0n) is 11.8. The Morgan fingerprint density at radius 3 is 2.37 bits per heavy atom. The van der Waals surface area contributed by atoms with Crippen molar-refractivity contribution in [3.05, 3.63) is 24.0 Å². The normalized spacial score (nSPS) is 13.7. The molecular formula is C13H23N3O2S. The molecule has 1 heterocycles. The molecule has 0 aromatic carbocycles. The smallest absolute Gasteiger partial charge is 0.242 e. The van der Waals surface area contributed by atoms with Crippen molar-refractivity contribution in [3.8, 4) is 0 Å². The molecule has 1 aromatic heterocycles. The maximum absolute atomic E-state index is 12.2. The van der Waals surface area contributed by atoms with Gasteiger partial charge in [0, 0.05) is 18.8 Å². The van der Waals surface area contributed by atoms with Gasteiger partial charge in [-0.15, -0.1) is 0 Å². The predicted octanol–water partition coefficient (Wildman–Crippen LogP) is 1.64. The lowest BCUT2D eigenvalue weighted by Crippen LogP contribution is -2.37. The number of nitrogens with two attached hydrogens (primary N) is 1. The van der Waals surface area contributed by atoms with Crippen LogP contribution < -0.4 is 10.5 Å². The first kappa shape index (κ1) is 16.1. The van der Waals surface area contributed by atoms with Crippen molar-refractivity contribution in [3.63, 3.8) is 0 Å². The van der Waals surface area contributed by atoms with Gasteiger partial charge < -0.3 is 5.73 Å². The van der Waals surface area contributed by atoms with Gasteiger partial charge in [-0.3, -0.25) is 4.98 Å². The largest absolute Gasteiger partial charge is 0.325 e. The van der Waals surface area contributed by atoms with E-state index in [2.05, 4.69) is 23.6 Å². The van der Waals surface area contributed by atoms with Gasteiger partial charge in [-0.05, 0) is 25.0 Å². The predicted molar refractivity (Wildman–Crippen MR) is 76.0 cm³/mol. The Balaban J connectivity index is 2.85. The number of aromatic nitrogens is 1. The second-order valence-electron chi connectivity index (χ2n) is 4.68. The van der Waals surface area contributed by atoms with Crippen LogP contribution >= 0.6 is 0 Å². The van der Waals surface area contributed by atoms with Crippen molar-refractivity contribution >= 4 is 10.0 Å². The second kappa shape index (κ2) is 6.98. The van der Waals surface area contributed by atoms with Gasteiger partial charge in [0.25, 0.3) is 0 Å². The minimum absolute atomic E-state index is 0.0887. The van der Waals surface area contributed by atoms with Crippen LogP contribution in [-0.4, -0.2) is 19.4 Å². The van der Waals surface area contributed by atoms with Crippen molar-refractivity contribution in [1.82, 2.24) is 9.71 Å². The van der Waals surface area contributed by atoms with Gasteiger partial charge in [-0.25, -0.2) is 13.1 Å². The Labute approximate surface area is 115 Å². The molecule has 19 heavy (non-hydrogen) atoms. The van der Waals surface area contributed by atoms with Gasteiger partial charge in [0.2, 0.25) is 10.0 Å². The van der Waals surface area contributed by atoms with Crippen molar-refractivity contribution in [2.75, 3.05) is 0 Å². The molecule has 0 fully saturated rings. The zero-order chi connectivity index (χ0) is 14.5. The third-order valence-corrected chi connectivity index (χ3v) is 4.96. The number of nitrogens with one attached hydrogen (secondary N) is 1. The number of sulfonamides is 1. The highest BCUT2D eigenvalue weighted by Gasteiger charge is 2.21. The van der Waals surface area contributed by atoms with E-state index in [-0.39, 0.29) is 10.9 Å². The molecule has 1 rings (SSSR count). The topological polar surface area (TPSA) is 85.1 Å². The summed E-state index contributed by atoms with van der Waals surface area (Å²) in [5.41, 5.74) is 6.11. The first-order valence-electron chi connectivity index (χ1n) is 6.61. The van der Waals surface area contributed by atoms with E-state index < -0.39 is 10.0 Å². The summed E-state index contributed by atoms with van der Waals surface area (Å²) in [5.74, 6) is 0.339. The molecule has 0 amide bonds. The van der Waals surface area contributed by atoms with Crippen molar-refractivity contribution in [2.45, 2.75) is 51.1 Å². The maximum atomic E-state index is 12.2. The fourth-order valence-electron chi connectivity index (χ4n) is 2.10. The van der Waals surface area contributed by atoms with E-state index in [0.29, 0.717) is 18.2 Å². The molecule has 1 atom stereocenters. The second-order valence-corrected chi connectivity index (χ2v) is 6.39. The van der Waals surface area contributed by atoms with Crippen LogP contribution in [0, 0.1) is 5.92 Å². The van der Waals surface area contributed by atoms with Gasteiger partial charge in [0.05, 0.1) is 5.69 Å². The molecule has 0 aliphatic heterocycles. The number of hydrogen-bond donors (Lipinski definition) is 2. The molecule has 0 saturated carbocycles. The summed E-state index contributed by atoms with van der Waals surface area (Å²) in [4.78, 5) is 4.19. The summed E-state index contributed by atoms with van der Waals surface area (Å²) >= 11 is 0. The quantitative estimate of drug-likeness (QED) is 0.797. The van der Waals surface area contributed by atoms with Gasteiger partial charge >= 0.3 is 0 Å². The number of rotatable bonds is 7. The van der Waals surface area contributed by atoms with Crippen molar-refractivity contribution in [1.29, 1.82) is 0 Å². The lowest BCUT2D eigenvalue weighted by atomic mass is 9.96. The molecule has 3 N–H and O–H groups in total. The van der Waals surface area contributed by atoms with Crippen LogP contribution in [0.1, 0.15) is 39.3 Å². The van der Waals surface area contributed by atoms with Crippen molar-refractivity contribution < 1.29 is 8.42 Å². The first-order chi connectivity index (χ1) is 8.94. The molecule has 108 valence electrons. The average Bonchev–Trinajstić information content (AvgIpc) is 2.39. The molecule has 6 heteroatoms. The Morgan fingerprint density at radius 1 is 1.32 bits per heavy atom. The van der Waals surface area contributed by atoms with Crippen LogP contribution in [0.25, 0.3) is 0 Å². The van der Waals surface area contributed by atoms with Crippen LogP contribution in [0.3, 0.4) is 0 Å². The molecule has 0 bridgehead atoms. The summed E-state index contributed by atoms with van der Waals surface area (Å²) in [5, 5.41) is 0. The molecule has 1 unspecified atom stereocenters. The standard InChI is InChI=1S/C13H23N3O2S/c1-4-11(5-2)10(3)16-19(17,18)13-7-6-12(8-14)15-9-13/h6-7,9-11,16H,4-5,8,14H2,1-3H3. The Morgan fingerprint density at radius 2 is 1.95 bits per heavy atom. The van der Waals surface area contributed by atoms with Crippen LogP contribution in [0.15, 0.2) is 23.2 Å². The van der Waals surface area contributed by atoms with Crippen LogP contribution in [0.2, 0.25) is 0 Å². The van der Waals surface area contributed by atoms with E-state index in [1.807, 2.05) is 6.92 Å². The SMILES string of the molecule is CCC(CC)C(C)NS(=O)(=O)c1ccc(CN)nc1. The van der Waals surface area contributed by atoms with Crippen molar-refractivity contribution in [2.24, 2.45) is 11.7 Å². The van der Waals surface area contributed by atoms with Crippen LogP contribution in [0.4, 0.5) is 0 Å². The van der Waals surface area contributed by atoms with E-state index in [0.717, 1.165) is 12.8 Å². The number of hydrogen-bond acceptors (Lipinski definition) is 4. The monoisotopic (exact) mass is 285 g/mol. The fraction of sp³-hybridized carbons (Fsp3) is 0.615. The third kappa shape index (κ3) is 4.26. The minimum Gasteiger partial charge on any atom is -0.325 e. The summed E-state index contributed by atoms with van der Waals surface area (Å²) in [6, 6.07) is 3.09. The molecule has 1 aromatic rings. The van der Waals surface area contributed by atoms with Gasteiger partial charge in [-0.2, -0.15) is 0 Å². The van der Waals surface area contributed by atoms with E-state index in [9.17, 15) is 8.42 Å². The van der Waals surface area contributed by atoms with Crippen LogP contribution in [-0.2, 0) is 16.6 Å². The fourth-order valence-corrected chi connectivity index (χ4v) is 3.35. The van der Waals surface area contributed by atoms with Gasteiger partial charge in [-0.1, -0.05) is 26.7 Å². The zero-order valence-corrected chi connectivity index (χ0v) is 12.6. The summed E-state index contributed by atoms with van der Waals surface area (Å²) < 4.78 is 27.1. The lowest BCUT2D eigenvalue weighted by Gasteiger charge is -2.22. The molecule has 0 aliphatic rings. The molecule has 5 nitrogen and oxygen atoms in total. The Hall–Kier alpha value is -0.980. The van der Waals surface area contributed by atoms with Crippen LogP contribution in [0.5, 0.6) is 0 Å². The highest BCUT2D eigenvalue weighted by atomic mass is 32.2. The molecular weight excluding hydrogens is 262 g/mol. The average molecular weight is 285 g/mol. The van der Waals surface area contributed by atoms with Gasteiger partial charge in [0.15, 0.2) is 0 Å². The summed E-state index contributed by atoms with van der Waals surface area (Å²) in [6.07, 6.45) is 3.25. The number of pyridine rings is 1. The van der Waals surface area contributed by atoms with E-state index in [1.54, 1.807) is 6.07 Å². The first-order valence-corrected chi connectivity index (χ1v) is 8.10.